The van der Waals surface area contributed by atoms with Gasteiger partial charge in [0.1, 0.15) is 11.6 Å². The van der Waals surface area contributed by atoms with Crippen molar-refractivity contribution in [3.05, 3.63) is 77.6 Å². The fourth-order valence-corrected chi connectivity index (χ4v) is 6.64. The Balaban J connectivity index is 1.31. The second kappa shape index (κ2) is 9.07. The largest absolute Gasteiger partial charge is 0.339 e. The molecule has 2 atom stereocenters. The average Bonchev–Trinajstić information content (AvgIpc) is 3.28. The minimum Gasteiger partial charge on any atom is -0.339 e. The molecule has 0 spiro atoms. The Labute approximate surface area is 207 Å². The summed E-state index contributed by atoms with van der Waals surface area (Å²) in [5.74, 6) is 3.90. The molecule has 1 aromatic carbocycles. The summed E-state index contributed by atoms with van der Waals surface area (Å²) in [4.78, 5) is 9.01. The number of nitrogens with zero attached hydrogens (tertiary/aromatic N) is 2. The molecule has 0 saturated heterocycles. The van der Waals surface area contributed by atoms with Crippen LogP contribution in [-0.4, -0.2) is 9.97 Å². The van der Waals surface area contributed by atoms with Crippen LogP contribution in [0.15, 0.2) is 61.4 Å². The first kappa shape index (κ1) is 22.9. The summed E-state index contributed by atoms with van der Waals surface area (Å²) >= 11 is 6.78. The summed E-state index contributed by atoms with van der Waals surface area (Å²) < 4.78 is 0. The summed E-state index contributed by atoms with van der Waals surface area (Å²) in [6.07, 6.45) is 8.82. The van der Waals surface area contributed by atoms with E-state index in [0.29, 0.717) is 5.41 Å². The van der Waals surface area contributed by atoms with Crippen molar-refractivity contribution in [2.24, 2.45) is 17.8 Å². The first-order valence-corrected chi connectivity index (χ1v) is 12.6. The van der Waals surface area contributed by atoms with E-state index in [2.05, 4.69) is 59.2 Å². The van der Waals surface area contributed by atoms with Gasteiger partial charge in [-0.1, -0.05) is 38.1 Å². The Morgan fingerprint density at radius 3 is 2.44 bits per heavy atom. The molecule has 0 radical (unpaired) electrons. The SMILES string of the molecule is C=C(C)c1cccnc1Nc1ccc(Nc2ccc(C34CC(C)CC3CC(C)C4)cc2Cl)nc1. The Morgan fingerprint density at radius 1 is 1.03 bits per heavy atom. The lowest BCUT2D eigenvalue weighted by Gasteiger charge is -2.31. The van der Waals surface area contributed by atoms with E-state index in [1.165, 1.54) is 31.2 Å². The first-order chi connectivity index (χ1) is 16.3. The van der Waals surface area contributed by atoms with Gasteiger partial charge >= 0.3 is 0 Å². The van der Waals surface area contributed by atoms with Crippen LogP contribution < -0.4 is 10.6 Å². The Kier molecular flexibility index (Phi) is 6.11. The van der Waals surface area contributed by atoms with Crippen LogP contribution in [0.4, 0.5) is 23.0 Å². The maximum Gasteiger partial charge on any atom is 0.137 e. The van der Waals surface area contributed by atoms with Crippen molar-refractivity contribution in [3.8, 4) is 0 Å². The number of rotatable bonds is 6. The molecular weight excluding hydrogens is 440 g/mol. The van der Waals surface area contributed by atoms with Crippen LogP contribution in [0.2, 0.25) is 5.02 Å². The number of benzene rings is 1. The van der Waals surface area contributed by atoms with Crippen molar-refractivity contribution in [3.63, 3.8) is 0 Å². The zero-order chi connectivity index (χ0) is 23.9. The second-order valence-corrected chi connectivity index (χ2v) is 10.9. The Bertz CT molecular complexity index is 1190. The number of fused-ring (bicyclic) bond motifs is 1. The maximum atomic E-state index is 6.78. The summed E-state index contributed by atoms with van der Waals surface area (Å²) in [7, 11) is 0. The van der Waals surface area contributed by atoms with Gasteiger partial charge in [0.15, 0.2) is 0 Å². The van der Waals surface area contributed by atoms with E-state index < -0.39 is 0 Å². The molecule has 2 aromatic heterocycles. The highest BCUT2D eigenvalue weighted by Crippen LogP contribution is 2.59. The third-order valence-electron chi connectivity index (χ3n) is 7.68. The molecule has 2 unspecified atom stereocenters. The number of aromatic nitrogens is 2. The molecule has 2 aliphatic rings. The smallest absolute Gasteiger partial charge is 0.137 e. The normalized spacial score (nSPS) is 25.7. The van der Waals surface area contributed by atoms with Crippen molar-refractivity contribution in [1.82, 2.24) is 9.97 Å². The van der Waals surface area contributed by atoms with Gasteiger partial charge in [-0.15, -0.1) is 0 Å². The molecule has 2 fully saturated rings. The van der Waals surface area contributed by atoms with Gasteiger partial charge in [0.25, 0.3) is 0 Å². The second-order valence-electron chi connectivity index (χ2n) is 10.5. The standard InChI is InChI=1S/C29H33ClN4/c1-18(2)24-6-5-11-31-28(24)33-23-8-10-27(32-17-23)34-26-9-7-21(14-25(26)30)29-15-19(3)12-22(29)13-20(4)16-29/h5-11,14,17,19-20,22H,1,12-13,15-16H2,2-4H3,(H,31,33)(H,32,34). The van der Waals surface area contributed by atoms with Gasteiger partial charge < -0.3 is 10.6 Å². The number of pyridine rings is 2. The van der Waals surface area contributed by atoms with Crippen molar-refractivity contribution < 1.29 is 0 Å². The lowest BCUT2D eigenvalue weighted by molar-refractivity contribution is 0.364. The van der Waals surface area contributed by atoms with Crippen LogP contribution in [0.1, 0.15) is 57.6 Å². The van der Waals surface area contributed by atoms with E-state index in [9.17, 15) is 0 Å². The lowest BCUT2D eigenvalue weighted by atomic mass is 9.73. The highest BCUT2D eigenvalue weighted by atomic mass is 35.5. The molecule has 176 valence electrons. The molecule has 0 aliphatic heterocycles. The summed E-state index contributed by atoms with van der Waals surface area (Å²) in [6.45, 7) is 10.8. The molecular formula is C29H33ClN4. The lowest BCUT2D eigenvalue weighted by Crippen LogP contribution is -2.25. The molecule has 0 bridgehead atoms. The molecule has 3 aromatic rings. The van der Waals surface area contributed by atoms with E-state index in [4.69, 9.17) is 11.6 Å². The highest BCUT2D eigenvalue weighted by Gasteiger charge is 2.51. The van der Waals surface area contributed by atoms with Crippen LogP contribution in [0.25, 0.3) is 5.57 Å². The first-order valence-electron chi connectivity index (χ1n) is 12.2. The number of nitrogens with one attached hydrogen (secondary N) is 2. The van der Waals surface area contributed by atoms with E-state index in [1.54, 1.807) is 12.4 Å². The van der Waals surface area contributed by atoms with E-state index >= 15 is 0 Å². The van der Waals surface area contributed by atoms with Gasteiger partial charge in [0.05, 0.1) is 22.6 Å². The third-order valence-corrected chi connectivity index (χ3v) is 7.99. The maximum absolute atomic E-state index is 6.78. The molecule has 5 heteroatoms. The van der Waals surface area contributed by atoms with Crippen molar-refractivity contribution in [2.75, 3.05) is 10.6 Å². The van der Waals surface area contributed by atoms with Gasteiger partial charge in [0.2, 0.25) is 0 Å². The van der Waals surface area contributed by atoms with Crippen LogP contribution in [0.3, 0.4) is 0 Å². The van der Waals surface area contributed by atoms with Crippen molar-refractivity contribution in [1.29, 1.82) is 0 Å². The van der Waals surface area contributed by atoms with Gasteiger partial charge in [-0.2, -0.15) is 0 Å². The molecule has 2 aliphatic carbocycles. The van der Waals surface area contributed by atoms with Gasteiger partial charge in [0, 0.05) is 11.8 Å². The number of anilines is 4. The van der Waals surface area contributed by atoms with E-state index in [-0.39, 0.29) is 0 Å². The quantitative estimate of drug-likeness (QED) is 0.378. The fraction of sp³-hybridized carbons (Fsp3) is 0.379. The summed E-state index contributed by atoms with van der Waals surface area (Å²) in [5, 5.41) is 7.48. The molecule has 34 heavy (non-hydrogen) atoms. The number of allylic oxidation sites excluding steroid dienone is 1. The van der Waals surface area contributed by atoms with Gasteiger partial charge in [-0.05, 0) is 103 Å². The van der Waals surface area contributed by atoms with E-state index in [0.717, 1.165) is 56.9 Å². The number of halogens is 1. The minimum atomic E-state index is 0.306. The number of hydrogen-bond acceptors (Lipinski definition) is 4. The molecule has 2 heterocycles. The Hall–Kier alpha value is -2.85. The molecule has 0 amide bonds. The zero-order valence-electron chi connectivity index (χ0n) is 20.2. The van der Waals surface area contributed by atoms with Gasteiger partial charge in [-0.25, -0.2) is 9.97 Å². The molecule has 2 saturated carbocycles. The van der Waals surface area contributed by atoms with Crippen molar-refractivity contribution in [2.45, 2.75) is 51.9 Å². The predicted molar refractivity (Wildman–Crippen MR) is 143 cm³/mol. The third kappa shape index (κ3) is 4.32. The monoisotopic (exact) mass is 472 g/mol. The number of hydrogen-bond donors (Lipinski definition) is 2. The summed E-state index contributed by atoms with van der Waals surface area (Å²) in [6, 6.07) is 14.5. The molecule has 2 N–H and O–H groups in total. The zero-order valence-corrected chi connectivity index (χ0v) is 21.0. The highest BCUT2D eigenvalue weighted by molar-refractivity contribution is 6.33. The topological polar surface area (TPSA) is 49.8 Å². The van der Waals surface area contributed by atoms with Crippen molar-refractivity contribution >= 4 is 40.2 Å². The van der Waals surface area contributed by atoms with Crippen LogP contribution in [-0.2, 0) is 5.41 Å². The Morgan fingerprint density at radius 2 is 1.79 bits per heavy atom. The van der Waals surface area contributed by atoms with Crippen LogP contribution in [0.5, 0.6) is 0 Å². The average molecular weight is 473 g/mol. The summed E-state index contributed by atoms with van der Waals surface area (Å²) in [5.41, 5.74) is 5.43. The fourth-order valence-electron chi connectivity index (χ4n) is 6.41. The molecule has 4 nitrogen and oxygen atoms in total. The minimum absolute atomic E-state index is 0.306. The van der Waals surface area contributed by atoms with E-state index in [1.807, 2.05) is 31.2 Å². The predicted octanol–water partition coefficient (Wildman–Crippen LogP) is 8.36. The molecule has 5 rings (SSSR count). The van der Waals surface area contributed by atoms with Crippen LogP contribution in [0, 0.1) is 17.8 Å². The van der Waals surface area contributed by atoms with Crippen LogP contribution >= 0.6 is 11.6 Å². The van der Waals surface area contributed by atoms with Gasteiger partial charge in [-0.3, -0.25) is 0 Å².